The van der Waals surface area contributed by atoms with Crippen LogP contribution in [0.2, 0.25) is 0 Å². The van der Waals surface area contributed by atoms with E-state index in [4.69, 9.17) is 0 Å². The lowest BCUT2D eigenvalue weighted by molar-refractivity contribution is -0.124. The summed E-state index contributed by atoms with van der Waals surface area (Å²) in [4.78, 5) is 25.6. The first-order valence-corrected chi connectivity index (χ1v) is 8.57. The predicted octanol–water partition coefficient (Wildman–Crippen LogP) is 1.17. The largest absolute Gasteiger partial charge is 0.505 e. The molecule has 27 heavy (non-hydrogen) atoms. The zero-order valence-electron chi connectivity index (χ0n) is 16.0. The molecule has 2 rings (SSSR count). The van der Waals surface area contributed by atoms with Gasteiger partial charge in [0.15, 0.2) is 11.9 Å². The van der Waals surface area contributed by atoms with Gasteiger partial charge in [0.1, 0.15) is 5.70 Å². The number of phenolic OH excluding ortho intramolecular Hbond substituents is 1. The minimum atomic E-state index is -1.27. The molecule has 0 fully saturated rings. The zero-order valence-corrected chi connectivity index (χ0v) is 16.0. The molecule has 1 aromatic carbocycles. The van der Waals surface area contributed by atoms with Gasteiger partial charge in [0, 0.05) is 20.1 Å². The fraction of sp³-hybridized carbons (Fsp3) is 0.421. The highest BCUT2D eigenvalue weighted by atomic mass is 16.3. The molecule has 1 aromatic rings. The minimum absolute atomic E-state index is 0.00414. The van der Waals surface area contributed by atoms with E-state index in [1.165, 1.54) is 31.1 Å². The van der Waals surface area contributed by atoms with Gasteiger partial charge in [-0.2, -0.15) is 5.26 Å². The number of anilines is 1. The lowest BCUT2D eigenvalue weighted by Gasteiger charge is -2.33. The number of nitriles is 1. The quantitative estimate of drug-likeness (QED) is 0.552. The van der Waals surface area contributed by atoms with E-state index in [1.54, 1.807) is 0 Å². The van der Waals surface area contributed by atoms with Crippen molar-refractivity contribution in [3.05, 3.63) is 34.7 Å². The molecular weight excluding hydrogens is 348 g/mol. The van der Waals surface area contributed by atoms with Gasteiger partial charge in [0.05, 0.1) is 28.6 Å². The number of hydrogen-bond donors (Lipinski definition) is 4. The van der Waals surface area contributed by atoms with E-state index in [9.17, 15) is 25.1 Å². The van der Waals surface area contributed by atoms with Crippen LogP contribution in [0, 0.1) is 17.2 Å². The Morgan fingerprint density at radius 1 is 1.30 bits per heavy atom. The molecule has 0 unspecified atom stereocenters. The SMILES string of the molecule is CC(C)[C@H](C)NC1=C(Nc2cc(C#N)cc(C(=O)N(C)C)c2O)C(=O)[C@H]1O. The van der Waals surface area contributed by atoms with Gasteiger partial charge in [-0.05, 0) is 25.0 Å². The van der Waals surface area contributed by atoms with Crippen molar-refractivity contribution in [2.24, 2.45) is 5.92 Å². The molecule has 4 N–H and O–H groups in total. The summed E-state index contributed by atoms with van der Waals surface area (Å²) >= 11 is 0. The van der Waals surface area contributed by atoms with Crippen molar-refractivity contribution >= 4 is 17.4 Å². The second kappa shape index (κ2) is 7.68. The molecule has 0 saturated carbocycles. The third-order valence-corrected chi connectivity index (χ3v) is 4.56. The number of amides is 1. The number of ketones is 1. The highest BCUT2D eigenvalue weighted by Gasteiger charge is 2.39. The summed E-state index contributed by atoms with van der Waals surface area (Å²) in [5.74, 6) is -1.11. The number of carbonyl (C=O) groups is 2. The van der Waals surface area contributed by atoms with Crippen LogP contribution in [0.15, 0.2) is 23.5 Å². The van der Waals surface area contributed by atoms with Gasteiger partial charge in [-0.15, -0.1) is 0 Å². The fourth-order valence-electron chi connectivity index (χ4n) is 2.48. The van der Waals surface area contributed by atoms with Crippen LogP contribution >= 0.6 is 0 Å². The summed E-state index contributed by atoms with van der Waals surface area (Å²) in [5.41, 5.74) is 0.566. The number of benzene rings is 1. The molecule has 8 heteroatoms. The number of aliphatic hydroxyl groups is 1. The average Bonchev–Trinajstić information content (AvgIpc) is 2.64. The van der Waals surface area contributed by atoms with Crippen LogP contribution in [0.25, 0.3) is 0 Å². The summed E-state index contributed by atoms with van der Waals surface area (Å²) in [6.07, 6.45) is -1.27. The molecule has 8 nitrogen and oxygen atoms in total. The van der Waals surface area contributed by atoms with Crippen LogP contribution in [-0.4, -0.2) is 53.0 Å². The van der Waals surface area contributed by atoms with Crippen molar-refractivity contribution in [1.82, 2.24) is 10.2 Å². The topological polar surface area (TPSA) is 126 Å². The number of aromatic hydroxyl groups is 1. The molecular formula is C19H24N4O4. The second-order valence-electron chi connectivity index (χ2n) is 7.09. The smallest absolute Gasteiger partial charge is 0.257 e. The van der Waals surface area contributed by atoms with E-state index in [-0.39, 0.29) is 40.2 Å². The molecule has 144 valence electrons. The van der Waals surface area contributed by atoms with Crippen molar-refractivity contribution in [1.29, 1.82) is 5.26 Å². The molecule has 1 aliphatic carbocycles. The summed E-state index contributed by atoms with van der Waals surface area (Å²) in [6.45, 7) is 5.92. The first-order chi connectivity index (χ1) is 12.6. The molecule has 1 amide bonds. The first kappa shape index (κ1) is 20.3. The Bertz CT molecular complexity index is 852. The number of rotatable bonds is 6. The number of nitrogens with zero attached hydrogens (tertiary/aromatic N) is 2. The lowest BCUT2D eigenvalue weighted by Crippen LogP contribution is -2.49. The Kier molecular flexibility index (Phi) is 5.76. The van der Waals surface area contributed by atoms with E-state index in [0.717, 1.165) is 0 Å². The summed E-state index contributed by atoms with van der Waals surface area (Å²) < 4.78 is 0. The Hall–Kier alpha value is -3.05. The molecule has 0 spiro atoms. The third kappa shape index (κ3) is 3.88. The molecule has 0 heterocycles. The Morgan fingerprint density at radius 2 is 1.93 bits per heavy atom. The van der Waals surface area contributed by atoms with Crippen LogP contribution < -0.4 is 10.6 Å². The van der Waals surface area contributed by atoms with Gasteiger partial charge >= 0.3 is 0 Å². The van der Waals surface area contributed by atoms with E-state index < -0.39 is 17.8 Å². The normalized spacial score (nSPS) is 17.3. The van der Waals surface area contributed by atoms with Crippen LogP contribution in [0.3, 0.4) is 0 Å². The maximum atomic E-state index is 12.3. The summed E-state index contributed by atoms with van der Waals surface area (Å²) in [6, 6.07) is 4.56. The number of phenols is 1. The Labute approximate surface area is 158 Å². The predicted molar refractivity (Wildman–Crippen MR) is 99.9 cm³/mol. The van der Waals surface area contributed by atoms with Gasteiger partial charge in [-0.1, -0.05) is 13.8 Å². The summed E-state index contributed by atoms with van der Waals surface area (Å²) in [5, 5.41) is 35.5. The lowest BCUT2D eigenvalue weighted by atomic mass is 9.92. The van der Waals surface area contributed by atoms with Gasteiger partial charge in [0.25, 0.3) is 5.91 Å². The van der Waals surface area contributed by atoms with Crippen molar-refractivity contribution in [2.45, 2.75) is 32.9 Å². The highest BCUT2D eigenvalue weighted by Crippen LogP contribution is 2.34. The van der Waals surface area contributed by atoms with E-state index in [2.05, 4.69) is 10.6 Å². The average molecular weight is 372 g/mol. The monoisotopic (exact) mass is 372 g/mol. The molecule has 2 atom stereocenters. The number of carbonyl (C=O) groups excluding carboxylic acids is 2. The molecule has 0 radical (unpaired) electrons. The number of aliphatic hydroxyl groups excluding tert-OH is 1. The van der Waals surface area contributed by atoms with Crippen molar-refractivity contribution in [3.8, 4) is 11.8 Å². The van der Waals surface area contributed by atoms with Crippen LogP contribution in [0.1, 0.15) is 36.7 Å². The number of hydrogen-bond acceptors (Lipinski definition) is 7. The van der Waals surface area contributed by atoms with Crippen LogP contribution in [-0.2, 0) is 4.79 Å². The van der Waals surface area contributed by atoms with E-state index >= 15 is 0 Å². The molecule has 1 aliphatic rings. The number of Topliss-reactive ketones (excluding diaryl/α,β-unsaturated/α-hetero) is 1. The van der Waals surface area contributed by atoms with Crippen LogP contribution in [0.4, 0.5) is 5.69 Å². The number of nitrogens with one attached hydrogen (secondary N) is 2. The Balaban J connectivity index is 2.45. The van der Waals surface area contributed by atoms with Crippen molar-refractivity contribution < 1.29 is 19.8 Å². The molecule has 0 bridgehead atoms. The second-order valence-corrected chi connectivity index (χ2v) is 7.09. The standard InChI is InChI=1S/C19H24N4O4/c1-9(2)10(3)21-14-15(18(26)17(14)25)22-13-7-11(8-20)6-12(16(13)24)19(27)23(4)5/h6-7,9-10,17,21-22,24-25H,1-5H3/t10-,17-/m0/s1. The first-order valence-electron chi connectivity index (χ1n) is 8.57. The van der Waals surface area contributed by atoms with E-state index in [0.29, 0.717) is 5.70 Å². The van der Waals surface area contributed by atoms with Gasteiger partial charge in [-0.25, -0.2) is 0 Å². The van der Waals surface area contributed by atoms with Crippen LogP contribution in [0.5, 0.6) is 5.75 Å². The van der Waals surface area contributed by atoms with E-state index in [1.807, 2.05) is 26.8 Å². The summed E-state index contributed by atoms with van der Waals surface area (Å²) in [7, 11) is 3.05. The van der Waals surface area contributed by atoms with Crippen molar-refractivity contribution in [3.63, 3.8) is 0 Å². The molecule has 0 aliphatic heterocycles. The zero-order chi connectivity index (χ0) is 20.5. The van der Waals surface area contributed by atoms with Crippen molar-refractivity contribution in [2.75, 3.05) is 19.4 Å². The maximum Gasteiger partial charge on any atom is 0.257 e. The Morgan fingerprint density at radius 3 is 2.44 bits per heavy atom. The van der Waals surface area contributed by atoms with Gasteiger partial charge in [0.2, 0.25) is 5.78 Å². The molecule has 0 saturated heterocycles. The van der Waals surface area contributed by atoms with Gasteiger partial charge in [-0.3, -0.25) is 9.59 Å². The fourth-order valence-corrected chi connectivity index (χ4v) is 2.48. The minimum Gasteiger partial charge on any atom is -0.505 e. The highest BCUT2D eigenvalue weighted by molar-refractivity contribution is 6.11. The maximum absolute atomic E-state index is 12.3. The third-order valence-electron chi connectivity index (χ3n) is 4.56. The molecule has 0 aromatic heterocycles. The van der Waals surface area contributed by atoms with Gasteiger partial charge < -0.3 is 25.7 Å².